The van der Waals surface area contributed by atoms with Crippen LogP contribution in [0.25, 0.3) is 0 Å². The second kappa shape index (κ2) is 10.8. The van der Waals surface area contributed by atoms with E-state index in [4.69, 9.17) is 14.0 Å². The lowest BCUT2D eigenvalue weighted by Crippen LogP contribution is -2.52. The van der Waals surface area contributed by atoms with Gasteiger partial charge in [-0.05, 0) is 82.1 Å². The third-order valence-electron chi connectivity index (χ3n) is 7.24. The number of anilines is 1. The minimum absolute atomic E-state index is 0.0100. The number of rotatable bonds is 7. The Bertz CT molecular complexity index is 947. The highest BCUT2D eigenvalue weighted by Crippen LogP contribution is 2.36. The van der Waals surface area contributed by atoms with Gasteiger partial charge in [0.15, 0.2) is 0 Å². The molecule has 2 fully saturated rings. The number of carbonyl (C=O) groups is 2. The zero-order chi connectivity index (χ0) is 27.8. The molecule has 1 aromatic rings. The molecular formula is C26H44BN5O5. The number of nitrogens with zero attached hydrogens (tertiary/aromatic N) is 4. The minimum Gasteiger partial charge on any atom is -0.444 e. The maximum absolute atomic E-state index is 13.2. The van der Waals surface area contributed by atoms with Gasteiger partial charge in [-0.2, -0.15) is 0 Å². The summed E-state index contributed by atoms with van der Waals surface area (Å²) >= 11 is 0. The molecule has 206 valence electrons. The Morgan fingerprint density at radius 1 is 1.16 bits per heavy atom. The second-order valence-corrected chi connectivity index (χ2v) is 12.3. The first-order valence-electron chi connectivity index (χ1n) is 13.2. The molecule has 0 aromatic carbocycles. The van der Waals surface area contributed by atoms with E-state index in [1.165, 1.54) is 0 Å². The van der Waals surface area contributed by atoms with E-state index in [1.54, 1.807) is 40.1 Å². The Balaban J connectivity index is 1.67. The van der Waals surface area contributed by atoms with Crippen molar-refractivity contribution in [3.8, 4) is 0 Å². The largest absolute Gasteiger partial charge is 0.498 e. The molecule has 3 rings (SSSR count). The van der Waals surface area contributed by atoms with E-state index >= 15 is 0 Å². The molecule has 0 bridgehead atoms. The number of carbonyl (C=O) groups excluding carboxylic acids is 2. The van der Waals surface area contributed by atoms with Gasteiger partial charge in [0.25, 0.3) is 0 Å². The molecule has 2 saturated heterocycles. The Morgan fingerprint density at radius 2 is 1.73 bits per heavy atom. The van der Waals surface area contributed by atoms with Crippen LogP contribution in [-0.4, -0.2) is 82.0 Å². The zero-order valence-electron chi connectivity index (χ0n) is 24.1. The van der Waals surface area contributed by atoms with E-state index in [0.717, 1.165) is 18.3 Å². The molecule has 0 aliphatic carbocycles. The van der Waals surface area contributed by atoms with Gasteiger partial charge >= 0.3 is 13.2 Å². The van der Waals surface area contributed by atoms with Gasteiger partial charge in [-0.15, -0.1) is 0 Å². The molecule has 2 aliphatic rings. The number of aromatic nitrogens is 2. The van der Waals surface area contributed by atoms with Crippen LogP contribution in [0.4, 0.5) is 10.7 Å². The molecule has 1 aromatic heterocycles. The topological polar surface area (TPSA) is 106 Å². The summed E-state index contributed by atoms with van der Waals surface area (Å²) in [5.74, 6) is 0.476. The number of alkyl carbamates (subject to hydrolysis) is 1. The fourth-order valence-electron chi connectivity index (χ4n) is 4.44. The molecule has 11 heteroatoms. The summed E-state index contributed by atoms with van der Waals surface area (Å²) in [4.78, 5) is 38.6. The lowest BCUT2D eigenvalue weighted by Gasteiger charge is -2.34. The van der Waals surface area contributed by atoms with Crippen molar-refractivity contribution in [3.05, 3.63) is 12.4 Å². The maximum atomic E-state index is 13.2. The van der Waals surface area contributed by atoms with Crippen LogP contribution in [0.2, 0.25) is 0 Å². The van der Waals surface area contributed by atoms with Gasteiger partial charge in [-0.1, -0.05) is 0 Å². The number of hydrogen-bond acceptors (Lipinski definition) is 8. The molecule has 2 atom stereocenters. The fourth-order valence-corrected chi connectivity index (χ4v) is 4.44. The average molecular weight is 517 g/mol. The van der Waals surface area contributed by atoms with Gasteiger partial charge in [-0.25, -0.2) is 14.8 Å². The number of hydrogen-bond donors (Lipinski definition) is 1. The number of ether oxygens (including phenoxy) is 1. The number of likely N-dealkylation sites (tertiary alicyclic amines) is 1. The van der Waals surface area contributed by atoms with Crippen LogP contribution in [0, 0.1) is 0 Å². The first-order chi connectivity index (χ1) is 17.0. The van der Waals surface area contributed by atoms with Crippen molar-refractivity contribution in [1.29, 1.82) is 0 Å². The van der Waals surface area contributed by atoms with Crippen LogP contribution >= 0.6 is 0 Å². The standard InChI is InChI=1S/C26H44BN5O5/c1-17(2)32(22-28-14-19(15-29-22)27-36-25(7,8)26(9,10)37-27)16-20-12-11-13-31(20)21(33)18(3)30-23(34)35-24(4,5)6/h14-15,17-18,20H,11-13,16H2,1-10H3,(H,30,34). The SMILES string of the molecule is CC(NC(=O)OC(C)(C)C)C(=O)N1CCCC1CN(c1ncc(B2OC(C)(C)C(C)(C)O2)cn1)C(C)C. The Kier molecular flexibility index (Phi) is 8.49. The molecule has 37 heavy (non-hydrogen) atoms. The van der Waals surface area contributed by atoms with Gasteiger partial charge < -0.3 is 29.2 Å². The molecular weight excluding hydrogens is 473 g/mol. The van der Waals surface area contributed by atoms with Crippen molar-refractivity contribution in [2.75, 3.05) is 18.0 Å². The van der Waals surface area contributed by atoms with Crippen LogP contribution < -0.4 is 15.7 Å². The van der Waals surface area contributed by atoms with Crippen LogP contribution in [0.15, 0.2) is 12.4 Å². The summed E-state index contributed by atoms with van der Waals surface area (Å²) in [6.07, 6.45) is 4.70. The summed E-state index contributed by atoms with van der Waals surface area (Å²) in [5, 5.41) is 2.67. The van der Waals surface area contributed by atoms with Gasteiger partial charge in [-0.3, -0.25) is 4.79 Å². The summed E-state index contributed by atoms with van der Waals surface area (Å²) < 4.78 is 17.6. The molecule has 2 aliphatic heterocycles. The first-order valence-corrected chi connectivity index (χ1v) is 13.2. The van der Waals surface area contributed by atoms with Crippen LogP contribution in [0.1, 0.15) is 82.1 Å². The summed E-state index contributed by atoms with van der Waals surface area (Å²) in [5.41, 5.74) is -0.729. The van der Waals surface area contributed by atoms with Crippen molar-refractivity contribution in [2.45, 2.75) is 117 Å². The average Bonchev–Trinajstić information content (AvgIpc) is 3.31. The summed E-state index contributed by atoms with van der Waals surface area (Å²) in [6, 6.07) is -0.569. The van der Waals surface area contributed by atoms with E-state index in [-0.39, 0.29) is 18.0 Å². The highest BCUT2D eigenvalue weighted by molar-refractivity contribution is 6.61. The number of nitrogens with one attached hydrogen (secondary N) is 1. The molecule has 0 saturated carbocycles. The molecule has 3 heterocycles. The molecule has 0 spiro atoms. The molecule has 2 amide bonds. The Labute approximate surface area is 222 Å². The van der Waals surface area contributed by atoms with E-state index in [9.17, 15) is 9.59 Å². The third kappa shape index (κ3) is 6.93. The van der Waals surface area contributed by atoms with E-state index in [0.29, 0.717) is 19.0 Å². The molecule has 10 nitrogen and oxygen atoms in total. The van der Waals surface area contributed by atoms with Crippen molar-refractivity contribution >= 4 is 30.5 Å². The van der Waals surface area contributed by atoms with E-state index in [1.807, 2.05) is 32.6 Å². The Morgan fingerprint density at radius 3 is 2.24 bits per heavy atom. The zero-order valence-corrected chi connectivity index (χ0v) is 24.1. The van der Waals surface area contributed by atoms with Crippen molar-refractivity contribution in [1.82, 2.24) is 20.2 Å². The predicted octanol–water partition coefficient (Wildman–Crippen LogP) is 2.89. The lowest BCUT2D eigenvalue weighted by atomic mass is 9.81. The van der Waals surface area contributed by atoms with Gasteiger partial charge in [0.1, 0.15) is 11.6 Å². The van der Waals surface area contributed by atoms with Gasteiger partial charge in [0.2, 0.25) is 11.9 Å². The highest BCUT2D eigenvalue weighted by Gasteiger charge is 2.52. The molecule has 1 N–H and O–H groups in total. The summed E-state index contributed by atoms with van der Waals surface area (Å²) in [6.45, 7) is 20.5. The van der Waals surface area contributed by atoms with E-state index < -0.39 is 36.1 Å². The first kappa shape index (κ1) is 29.2. The number of amides is 2. The predicted molar refractivity (Wildman–Crippen MR) is 144 cm³/mol. The summed E-state index contributed by atoms with van der Waals surface area (Å²) in [7, 11) is -0.520. The normalized spacial score (nSPS) is 21.8. The second-order valence-electron chi connectivity index (χ2n) is 12.3. The van der Waals surface area contributed by atoms with Crippen LogP contribution in [0.3, 0.4) is 0 Å². The van der Waals surface area contributed by atoms with Crippen molar-refractivity contribution < 1.29 is 23.6 Å². The van der Waals surface area contributed by atoms with Crippen molar-refractivity contribution in [3.63, 3.8) is 0 Å². The maximum Gasteiger partial charge on any atom is 0.498 e. The fraction of sp³-hybridized carbons (Fsp3) is 0.769. The van der Waals surface area contributed by atoms with Gasteiger partial charge in [0.05, 0.1) is 11.2 Å². The van der Waals surface area contributed by atoms with Crippen LogP contribution in [0.5, 0.6) is 0 Å². The van der Waals surface area contributed by atoms with E-state index in [2.05, 4.69) is 34.0 Å². The van der Waals surface area contributed by atoms with Gasteiger partial charge in [0, 0.05) is 43.0 Å². The smallest absolute Gasteiger partial charge is 0.444 e. The van der Waals surface area contributed by atoms with Crippen LogP contribution in [-0.2, 0) is 18.8 Å². The minimum atomic E-state index is -0.682. The molecule has 2 unspecified atom stereocenters. The quantitative estimate of drug-likeness (QED) is 0.551. The highest BCUT2D eigenvalue weighted by atomic mass is 16.7. The van der Waals surface area contributed by atoms with Crippen molar-refractivity contribution in [2.24, 2.45) is 0 Å². The molecule has 0 radical (unpaired) electrons. The lowest BCUT2D eigenvalue weighted by molar-refractivity contribution is -0.133. The third-order valence-corrected chi connectivity index (χ3v) is 7.24. The monoisotopic (exact) mass is 517 g/mol. The Hall–Kier alpha value is -2.40.